The zero-order valence-electron chi connectivity index (χ0n) is 40.7. The number of carbonyl (C=O) groups is 12. The quantitative estimate of drug-likeness (QED) is 0.111. The van der Waals surface area contributed by atoms with Crippen molar-refractivity contribution in [2.45, 2.75) is 87.9 Å². The van der Waals surface area contributed by atoms with Crippen molar-refractivity contribution in [3.05, 3.63) is 70.8 Å². The summed E-state index contributed by atoms with van der Waals surface area (Å²) in [5.74, 6) is -18.4. The monoisotopic (exact) mass is 1030 g/mol. The van der Waals surface area contributed by atoms with Gasteiger partial charge < -0.3 is 61.6 Å². The summed E-state index contributed by atoms with van der Waals surface area (Å²) in [7, 11) is 0. The lowest BCUT2D eigenvalue weighted by Crippen LogP contribution is -2.35. The molecule has 388 valence electrons. The Hall–Kier alpha value is -9.68. The summed E-state index contributed by atoms with van der Waals surface area (Å²) < 4.78 is 70.7. The normalized spacial score (nSPS) is 13.2. The van der Waals surface area contributed by atoms with Crippen LogP contribution in [0.3, 0.4) is 0 Å². The maximum Gasteiger partial charge on any atom is 0.343 e. The molecule has 0 radical (unpaired) electrons. The van der Waals surface area contributed by atoms with Gasteiger partial charge in [0.25, 0.3) is 0 Å². The second-order valence-corrected chi connectivity index (χ2v) is 15.4. The first kappa shape index (κ1) is 55.2. The fourth-order valence-corrected chi connectivity index (χ4v) is 6.76. The maximum absolute atomic E-state index is 14.4. The topological polar surface area (TPSA) is 325 Å². The summed E-state index contributed by atoms with van der Waals surface area (Å²) in [6.07, 6.45) is -3.76. The molecule has 1 aliphatic rings. The number of hydrogen-bond acceptors (Lipinski definition) is 25. The SMILES string of the molecule is CC(=O)Oc1cc(OC(C)=O)c2c(c1)O[C@H](c1cc(OC(C)=O)c(OC(C)=O)c(OC(=O)c3cc(OC(C)=O)c(OC(C)=O)c(OC(C)=O)c3)c1)[C@H](OC(=O)c1cc(OC(C)=O)c(OC(C)=O)c(OC(C)=O)c1)C2. The summed E-state index contributed by atoms with van der Waals surface area (Å²) in [5, 5.41) is 0. The van der Waals surface area contributed by atoms with Gasteiger partial charge in [0.2, 0.25) is 17.2 Å². The maximum atomic E-state index is 14.4. The van der Waals surface area contributed by atoms with Gasteiger partial charge in [0.15, 0.2) is 40.6 Å². The molecule has 0 bridgehead atoms. The van der Waals surface area contributed by atoms with E-state index in [9.17, 15) is 57.5 Å². The van der Waals surface area contributed by atoms with Crippen LogP contribution in [-0.2, 0) is 59.1 Å². The molecule has 0 unspecified atom stereocenters. The van der Waals surface area contributed by atoms with Crippen LogP contribution in [0, 0.1) is 0 Å². The second kappa shape index (κ2) is 23.5. The molecule has 25 nitrogen and oxygen atoms in total. The molecule has 0 amide bonds. The van der Waals surface area contributed by atoms with E-state index in [0.29, 0.717) is 0 Å². The molecular formula is C49H42O25. The van der Waals surface area contributed by atoms with Gasteiger partial charge in [-0.1, -0.05) is 0 Å². The minimum absolute atomic E-state index is 0.0318. The average Bonchev–Trinajstić information content (AvgIpc) is 3.24. The standard InChI is InChI=1S/C49H42O25/c1-20(50)62-33-17-35(63-21(2)51)34-19-43(74-49(61)32-15-40(67-25(6)55)46(70-28(9)58)41(16-32)68-26(7)56)44(72-36(34)18-33)30-11-37(64-22(3)52)47(71-29(10)59)42(12-30)73-48(60)31-13-38(65-23(4)53)45(69-27(8)57)39(14-31)66-24(5)54/h11-18,43-44H,19H2,1-10H3/t43-,44-/m1/s1. The van der Waals surface area contributed by atoms with Crippen molar-refractivity contribution in [1.82, 2.24) is 0 Å². The van der Waals surface area contributed by atoms with E-state index >= 15 is 0 Å². The average molecular weight is 1030 g/mol. The van der Waals surface area contributed by atoms with E-state index in [1.165, 1.54) is 6.07 Å². The summed E-state index contributed by atoms with van der Waals surface area (Å²) in [5.41, 5.74) is -1.24. The Morgan fingerprint density at radius 3 is 1.05 bits per heavy atom. The summed E-state index contributed by atoms with van der Waals surface area (Å²) in [6, 6.07) is 8.02. The fourth-order valence-electron chi connectivity index (χ4n) is 6.76. The zero-order valence-corrected chi connectivity index (χ0v) is 40.7. The Balaban J connectivity index is 1.78. The molecule has 0 aromatic heterocycles. The molecule has 4 aromatic rings. The largest absolute Gasteiger partial charge is 0.481 e. The summed E-state index contributed by atoms with van der Waals surface area (Å²) >= 11 is 0. The van der Waals surface area contributed by atoms with Gasteiger partial charge in [-0.3, -0.25) is 47.9 Å². The number of fused-ring (bicyclic) bond motifs is 1. The molecule has 1 heterocycles. The highest BCUT2D eigenvalue weighted by Gasteiger charge is 2.40. The molecule has 0 spiro atoms. The van der Waals surface area contributed by atoms with Crippen molar-refractivity contribution < 1.29 is 119 Å². The Labute approximate surface area is 417 Å². The van der Waals surface area contributed by atoms with Crippen molar-refractivity contribution in [3.8, 4) is 69.0 Å². The minimum Gasteiger partial charge on any atom is -0.481 e. The van der Waals surface area contributed by atoms with Crippen molar-refractivity contribution in [2.24, 2.45) is 0 Å². The molecule has 4 aromatic carbocycles. The van der Waals surface area contributed by atoms with Crippen LogP contribution in [-0.4, -0.2) is 77.7 Å². The Morgan fingerprint density at radius 2 is 0.689 bits per heavy atom. The Morgan fingerprint density at radius 1 is 0.365 bits per heavy atom. The lowest BCUT2D eigenvalue weighted by atomic mass is 9.93. The molecule has 0 aliphatic carbocycles. The number of carbonyl (C=O) groups excluding carboxylic acids is 12. The van der Waals surface area contributed by atoms with Crippen molar-refractivity contribution in [3.63, 3.8) is 0 Å². The number of esters is 12. The van der Waals surface area contributed by atoms with Crippen LogP contribution in [0.5, 0.6) is 69.0 Å². The predicted octanol–water partition coefficient (Wildman–Crippen LogP) is 5.06. The van der Waals surface area contributed by atoms with Crippen LogP contribution in [0.2, 0.25) is 0 Å². The number of benzene rings is 4. The molecule has 74 heavy (non-hydrogen) atoms. The van der Waals surface area contributed by atoms with Crippen LogP contribution in [0.1, 0.15) is 107 Å². The highest BCUT2D eigenvalue weighted by molar-refractivity contribution is 5.95. The number of ether oxygens (including phenoxy) is 13. The third-order valence-corrected chi connectivity index (χ3v) is 9.01. The molecule has 25 heteroatoms. The van der Waals surface area contributed by atoms with Crippen molar-refractivity contribution in [1.29, 1.82) is 0 Å². The third kappa shape index (κ3) is 14.7. The lowest BCUT2D eigenvalue weighted by Gasteiger charge is -2.34. The van der Waals surface area contributed by atoms with Gasteiger partial charge >= 0.3 is 71.6 Å². The van der Waals surface area contributed by atoms with E-state index < -0.39 is 153 Å². The smallest absolute Gasteiger partial charge is 0.343 e. The lowest BCUT2D eigenvalue weighted by molar-refractivity contribution is -0.135. The highest BCUT2D eigenvalue weighted by atomic mass is 16.6. The van der Waals surface area contributed by atoms with Gasteiger partial charge in [0, 0.05) is 98.9 Å². The van der Waals surface area contributed by atoms with Gasteiger partial charge in [-0.25, -0.2) is 9.59 Å². The van der Waals surface area contributed by atoms with Crippen LogP contribution >= 0.6 is 0 Å². The molecule has 5 rings (SSSR count). The van der Waals surface area contributed by atoms with Crippen molar-refractivity contribution >= 4 is 71.6 Å². The van der Waals surface area contributed by atoms with Gasteiger partial charge in [-0.15, -0.1) is 0 Å². The molecule has 1 aliphatic heterocycles. The fraction of sp³-hybridized carbons (Fsp3) is 0.265. The molecular weight excluding hydrogens is 989 g/mol. The highest BCUT2D eigenvalue weighted by Crippen LogP contribution is 2.49. The van der Waals surface area contributed by atoms with E-state index in [1.807, 2.05) is 0 Å². The summed E-state index contributed by atoms with van der Waals surface area (Å²) in [4.78, 5) is 151. The molecule has 0 saturated heterocycles. The second-order valence-electron chi connectivity index (χ2n) is 15.4. The van der Waals surface area contributed by atoms with E-state index in [4.69, 9.17) is 61.6 Å². The molecule has 0 N–H and O–H groups in total. The van der Waals surface area contributed by atoms with Gasteiger partial charge in [-0.05, 0) is 36.4 Å². The Kier molecular flexibility index (Phi) is 17.5. The minimum atomic E-state index is -1.67. The number of rotatable bonds is 15. The first-order valence-corrected chi connectivity index (χ1v) is 21.3. The van der Waals surface area contributed by atoms with Crippen LogP contribution in [0.25, 0.3) is 0 Å². The molecule has 0 saturated carbocycles. The van der Waals surface area contributed by atoms with E-state index in [1.54, 1.807) is 0 Å². The zero-order chi connectivity index (χ0) is 54.9. The predicted molar refractivity (Wildman–Crippen MR) is 240 cm³/mol. The summed E-state index contributed by atoms with van der Waals surface area (Å²) in [6.45, 7) is 9.90. The van der Waals surface area contributed by atoms with Crippen LogP contribution in [0.15, 0.2) is 48.5 Å². The van der Waals surface area contributed by atoms with Crippen molar-refractivity contribution in [2.75, 3.05) is 0 Å². The van der Waals surface area contributed by atoms with Crippen LogP contribution in [0.4, 0.5) is 0 Å². The molecule has 2 atom stereocenters. The van der Waals surface area contributed by atoms with E-state index in [-0.39, 0.29) is 28.4 Å². The van der Waals surface area contributed by atoms with Crippen LogP contribution < -0.4 is 56.8 Å². The van der Waals surface area contributed by atoms with Gasteiger partial charge in [-0.2, -0.15) is 0 Å². The molecule has 0 fully saturated rings. The third-order valence-electron chi connectivity index (χ3n) is 9.01. The first-order chi connectivity index (χ1) is 34.7. The first-order valence-electron chi connectivity index (χ1n) is 21.3. The van der Waals surface area contributed by atoms with E-state index in [0.717, 1.165) is 112 Å². The van der Waals surface area contributed by atoms with Gasteiger partial charge in [0.05, 0.1) is 11.1 Å². The number of hydrogen-bond donors (Lipinski definition) is 0. The van der Waals surface area contributed by atoms with Gasteiger partial charge in [0.1, 0.15) is 23.4 Å². The van der Waals surface area contributed by atoms with E-state index in [2.05, 4.69) is 0 Å². The Bertz CT molecular complexity index is 2980.